The second-order valence-corrected chi connectivity index (χ2v) is 5.68. The van der Waals surface area contributed by atoms with Gasteiger partial charge in [-0.2, -0.15) is 0 Å². The van der Waals surface area contributed by atoms with E-state index in [0.29, 0.717) is 6.04 Å². The monoisotopic (exact) mass is 274 g/mol. The molecule has 1 atom stereocenters. The molecule has 20 heavy (non-hydrogen) atoms. The molecule has 1 unspecified atom stereocenters. The number of carbonyl (C=O) groups excluding carboxylic acids is 1. The number of hydrogen-bond acceptors (Lipinski definition) is 3. The molecule has 0 spiro atoms. The van der Waals surface area contributed by atoms with Crippen molar-refractivity contribution in [3.05, 3.63) is 30.2 Å². The molecule has 3 rings (SSSR count). The van der Waals surface area contributed by atoms with E-state index in [1.165, 1.54) is 25.9 Å². The van der Waals surface area contributed by atoms with Gasteiger partial charge >= 0.3 is 0 Å². The predicted molar refractivity (Wildman–Crippen MR) is 78.2 cm³/mol. The zero-order valence-electron chi connectivity index (χ0n) is 11.8. The Morgan fingerprint density at radius 3 is 2.90 bits per heavy atom. The zero-order chi connectivity index (χ0) is 13.8. The van der Waals surface area contributed by atoms with Gasteiger partial charge < -0.3 is 14.2 Å². The first kappa shape index (κ1) is 13.4. The summed E-state index contributed by atoms with van der Waals surface area (Å²) in [5.41, 5.74) is 0. The van der Waals surface area contributed by atoms with Crippen LogP contribution in [0.2, 0.25) is 0 Å². The van der Waals surface area contributed by atoms with Gasteiger partial charge in [-0.3, -0.25) is 4.79 Å². The summed E-state index contributed by atoms with van der Waals surface area (Å²) in [6.07, 6.45) is 9.89. The highest BCUT2D eigenvalue weighted by Crippen LogP contribution is 2.21. The molecule has 1 aromatic heterocycles. The third kappa shape index (κ3) is 3.12. The molecule has 1 aromatic rings. The van der Waals surface area contributed by atoms with Crippen molar-refractivity contribution in [2.75, 3.05) is 26.2 Å². The van der Waals surface area contributed by atoms with Crippen LogP contribution in [0, 0.1) is 0 Å². The van der Waals surface area contributed by atoms with E-state index in [9.17, 15) is 4.79 Å². The summed E-state index contributed by atoms with van der Waals surface area (Å²) >= 11 is 0. The van der Waals surface area contributed by atoms with Gasteiger partial charge in [-0.25, -0.2) is 0 Å². The summed E-state index contributed by atoms with van der Waals surface area (Å²) in [6, 6.07) is 4.08. The third-order valence-electron chi connectivity index (χ3n) is 4.26. The Morgan fingerprint density at radius 1 is 1.30 bits per heavy atom. The summed E-state index contributed by atoms with van der Waals surface area (Å²) in [7, 11) is 0. The second kappa shape index (κ2) is 6.27. The molecule has 108 valence electrons. The third-order valence-corrected chi connectivity index (χ3v) is 4.26. The van der Waals surface area contributed by atoms with Crippen LogP contribution < -0.4 is 0 Å². The van der Waals surface area contributed by atoms with Crippen LogP contribution in [-0.2, 0) is 4.79 Å². The van der Waals surface area contributed by atoms with Gasteiger partial charge in [0.1, 0.15) is 5.76 Å². The number of amides is 1. The van der Waals surface area contributed by atoms with Crippen molar-refractivity contribution in [3.63, 3.8) is 0 Å². The van der Waals surface area contributed by atoms with Crippen LogP contribution in [0.3, 0.4) is 0 Å². The first-order valence-corrected chi connectivity index (χ1v) is 7.57. The summed E-state index contributed by atoms with van der Waals surface area (Å²) in [4.78, 5) is 16.8. The van der Waals surface area contributed by atoms with Gasteiger partial charge in [0.2, 0.25) is 5.91 Å². The van der Waals surface area contributed by atoms with Crippen molar-refractivity contribution in [1.29, 1.82) is 0 Å². The molecule has 0 N–H and O–H groups in total. The molecular formula is C16H22N2O2. The highest BCUT2D eigenvalue weighted by Gasteiger charge is 2.29. The van der Waals surface area contributed by atoms with Crippen LogP contribution in [0.1, 0.15) is 31.4 Å². The predicted octanol–water partition coefficient (Wildman–Crippen LogP) is 2.38. The van der Waals surface area contributed by atoms with E-state index in [-0.39, 0.29) is 5.91 Å². The Kier molecular flexibility index (Phi) is 4.21. The fourth-order valence-electron chi connectivity index (χ4n) is 3.21. The van der Waals surface area contributed by atoms with Crippen molar-refractivity contribution in [2.45, 2.75) is 31.7 Å². The SMILES string of the molecule is O=C(/C=C/c1ccco1)N1CCCC1CN1CCCC1. The Labute approximate surface area is 120 Å². The molecule has 0 radical (unpaired) electrons. The Bertz CT molecular complexity index is 461. The lowest BCUT2D eigenvalue weighted by atomic mass is 10.2. The molecule has 0 aromatic carbocycles. The fourth-order valence-corrected chi connectivity index (χ4v) is 3.21. The highest BCUT2D eigenvalue weighted by molar-refractivity contribution is 5.91. The summed E-state index contributed by atoms with van der Waals surface area (Å²) in [5, 5.41) is 0. The Balaban J connectivity index is 1.58. The van der Waals surface area contributed by atoms with E-state index >= 15 is 0 Å². The van der Waals surface area contributed by atoms with E-state index < -0.39 is 0 Å². The number of hydrogen-bond donors (Lipinski definition) is 0. The normalized spacial score (nSPS) is 24.0. The zero-order valence-corrected chi connectivity index (χ0v) is 11.8. The average molecular weight is 274 g/mol. The van der Waals surface area contributed by atoms with E-state index in [4.69, 9.17) is 4.42 Å². The number of furan rings is 1. The van der Waals surface area contributed by atoms with Crippen LogP contribution in [-0.4, -0.2) is 47.9 Å². The minimum Gasteiger partial charge on any atom is -0.465 e. The smallest absolute Gasteiger partial charge is 0.246 e. The second-order valence-electron chi connectivity index (χ2n) is 5.68. The summed E-state index contributed by atoms with van der Waals surface area (Å²) in [5.74, 6) is 0.844. The number of nitrogens with zero attached hydrogens (tertiary/aromatic N) is 2. The maximum absolute atomic E-state index is 12.3. The topological polar surface area (TPSA) is 36.7 Å². The van der Waals surface area contributed by atoms with Crippen LogP contribution >= 0.6 is 0 Å². The highest BCUT2D eigenvalue weighted by atomic mass is 16.3. The van der Waals surface area contributed by atoms with Crippen molar-refractivity contribution in [1.82, 2.24) is 9.80 Å². The van der Waals surface area contributed by atoms with Crippen molar-refractivity contribution in [2.24, 2.45) is 0 Å². The van der Waals surface area contributed by atoms with Gasteiger partial charge in [0.05, 0.1) is 6.26 Å². The lowest BCUT2D eigenvalue weighted by Gasteiger charge is -2.27. The molecule has 3 heterocycles. The van der Waals surface area contributed by atoms with Gasteiger partial charge in [0.25, 0.3) is 0 Å². The van der Waals surface area contributed by atoms with E-state index in [1.807, 2.05) is 17.0 Å². The van der Waals surface area contributed by atoms with E-state index in [1.54, 1.807) is 18.4 Å². The van der Waals surface area contributed by atoms with E-state index in [2.05, 4.69) is 4.90 Å². The average Bonchev–Trinajstić information content (AvgIpc) is 3.19. The maximum atomic E-state index is 12.3. The first-order chi connectivity index (χ1) is 9.83. The van der Waals surface area contributed by atoms with Crippen LogP contribution in [0.15, 0.2) is 28.9 Å². The van der Waals surface area contributed by atoms with Gasteiger partial charge in [0.15, 0.2) is 0 Å². The van der Waals surface area contributed by atoms with Crippen molar-refractivity contribution < 1.29 is 9.21 Å². The first-order valence-electron chi connectivity index (χ1n) is 7.57. The van der Waals surface area contributed by atoms with Crippen LogP contribution in [0.4, 0.5) is 0 Å². The molecule has 2 aliphatic heterocycles. The molecular weight excluding hydrogens is 252 g/mol. The van der Waals surface area contributed by atoms with Crippen LogP contribution in [0.5, 0.6) is 0 Å². The molecule has 0 saturated carbocycles. The maximum Gasteiger partial charge on any atom is 0.246 e. The summed E-state index contributed by atoms with van der Waals surface area (Å²) in [6.45, 7) is 4.32. The minimum absolute atomic E-state index is 0.114. The Hall–Kier alpha value is -1.55. The van der Waals surface area contributed by atoms with Crippen molar-refractivity contribution >= 4 is 12.0 Å². The van der Waals surface area contributed by atoms with E-state index in [0.717, 1.165) is 31.7 Å². The standard InChI is InChI=1S/C16H22N2O2/c19-16(8-7-15-6-4-12-20-15)18-11-3-5-14(18)13-17-9-1-2-10-17/h4,6-8,12,14H,1-3,5,9-11,13H2/b8-7+. The van der Waals surface area contributed by atoms with Gasteiger partial charge in [-0.05, 0) is 57.0 Å². The molecule has 2 aliphatic rings. The fraction of sp³-hybridized carbons (Fsp3) is 0.562. The largest absolute Gasteiger partial charge is 0.465 e. The van der Waals surface area contributed by atoms with Gasteiger partial charge in [-0.15, -0.1) is 0 Å². The quantitative estimate of drug-likeness (QED) is 0.791. The molecule has 1 amide bonds. The van der Waals surface area contributed by atoms with Gasteiger partial charge in [0, 0.05) is 25.2 Å². The lowest BCUT2D eigenvalue weighted by Crippen LogP contribution is -2.41. The number of carbonyl (C=O) groups is 1. The molecule has 2 saturated heterocycles. The van der Waals surface area contributed by atoms with Crippen LogP contribution in [0.25, 0.3) is 6.08 Å². The number of rotatable bonds is 4. The van der Waals surface area contributed by atoms with Crippen molar-refractivity contribution in [3.8, 4) is 0 Å². The minimum atomic E-state index is 0.114. The molecule has 0 aliphatic carbocycles. The Morgan fingerprint density at radius 2 is 2.15 bits per heavy atom. The molecule has 0 bridgehead atoms. The summed E-state index contributed by atoms with van der Waals surface area (Å²) < 4.78 is 5.22. The molecule has 4 heteroatoms. The molecule has 4 nitrogen and oxygen atoms in total. The van der Waals surface area contributed by atoms with Gasteiger partial charge in [-0.1, -0.05) is 0 Å². The lowest BCUT2D eigenvalue weighted by molar-refractivity contribution is -0.127. The number of likely N-dealkylation sites (tertiary alicyclic amines) is 2. The molecule has 2 fully saturated rings.